The second-order valence-corrected chi connectivity index (χ2v) is 17.6. The molecule has 2 aromatic heterocycles. The molecule has 0 N–H and O–H groups in total. The molecule has 1 aromatic carbocycles. The van der Waals surface area contributed by atoms with E-state index in [1.807, 2.05) is 36.6 Å². The number of fused-ring (bicyclic) bond motifs is 1. The summed E-state index contributed by atoms with van der Waals surface area (Å²) in [6.07, 6.45) is 3.87. The molecule has 0 spiro atoms. The van der Waals surface area contributed by atoms with E-state index in [1.54, 1.807) is 6.92 Å². The highest BCUT2D eigenvalue weighted by atomic mass is 28.3. The Balaban J connectivity index is 1.64. The molecule has 40 heavy (non-hydrogen) atoms. The SMILES string of the molecule is CCOC(=O)c1c(C)n(COCC[Si](C)(C)C)c2c(-c3cc(C4(C)OCCO4)ccc3OCC3CC3)ncnc12. The molecule has 1 saturated heterocycles. The molecule has 3 aromatic rings. The predicted molar refractivity (Wildman–Crippen MR) is 155 cm³/mol. The fourth-order valence-corrected chi connectivity index (χ4v) is 5.69. The van der Waals surface area contributed by atoms with Crippen molar-refractivity contribution in [1.29, 1.82) is 0 Å². The Bertz CT molecular complexity index is 1370. The van der Waals surface area contributed by atoms with Gasteiger partial charge in [-0.15, -0.1) is 0 Å². The van der Waals surface area contributed by atoms with Gasteiger partial charge in [-0.1, -0.05) is 19.6 Å². The Kier molecular flexibility index (Phi) is 8.33. The van der Waals surface area contributed by atoms with Gasteiger partial charge < -0.3 is 28.3 Å². The lowest BCUT2D eigenvalue weighted by Gasteiger charge is -2.24. The van der Waals surface area contributed by atoms with Crippen LogP contribution in [-0.4, -0.2) is 61.6 Å². The summed E-state index contributed by atoms with van der Waals surface area (Å²) in [5.74, 6) is 0.0390. The van der Waals surface area contributed by atoms with Gasteiger partial charge in [-0.05, 0) is 63.8 Å². The minimum absolute atomic E-state index is 0.272. The molecule has 3 heterocycles. The van der Waals surface area contributed by atoms with Gasteiger partial charge >= 0.3 is 5.97 Å². The standard InChI is InChI=1S/C30H41N3O6Si/c1-7-36-29(34)25-20(2)33(19-35-14-15-40(4,5)6)28-26(31-18-32-27(25)28)23-16-22(30(3)38-12-13-39-30)10-11-24(23)37-17-21-8-9-21/h10-11,16,18,21H,7-9,12-15,17,19H2,1-6H3. The normalized spacial score (nSPS) is 16.9. The molecule has 1 saturated carbocycles. The third-order valence-electron chi connectivity index (χ3n) is 7.56. The van der Waals surface area contributed by atoms with Gasteiger partial charge in [0.05, 0.1) is 31.9 Å². The van der Waals surface area contributed by atoms with Crippen molar-refractivity contribution in [3.63, 3.8) is 0 Å². The van der Waals surface area contributed by atoms with Gasteiger partial charge in [-0.3, -0.25) is 0 Å². The maximum atomic E-state index is 13.1. The van der Waals surface area contributed by atoms with Gasteiger partial charge in [-0.25, -0.2) is 14.8 Å². The van der Waals surface area contributed by atoms with Crippen LogP contribution in [0.15, 0.2) is 24.5 Å². The Morgan fingerprint density at radius 3 is 2.60 bits per heavy atom. The zero-order chi connectivity index (χ0) is 28.5. The fraction of sp³-hybridized carbons (Fsp3) is 0.567. The van der Waals surface area contributed by atoms with Gasteiger partial charge in [0.15, 0.2) is 5.79 Å². The van der Waals surface area contributed by atoms with E-state index in [0.29, 0.717) is 54.6 Å². The third kappa shape index (κ3) is 6.10. The molecule has 2 aliphatic rings. The highest BCUT2D eigenvalue weighted by Crippen LogP contribution is 2.41. The number of ether oxygens (including phenoxy) is 5. The van der Waals surface area contributed by atoms with Gasteiger partial charge in [0, 0.05) is 31.5 Å². The second-order valence-electron chi connectivity index (χ2n) is 12.0. The number of nitrogens with zero attached hydrogens (tertiary/aromatic N) is 3. The lowest BCUT2D eigenvalue weighted by molar-refractivity contribution is -0.149. The van der Waals surface area contributed by atoms with Crippen LogP contribution in [0.5, 0.6) is 5.75 Å². The number of hydrogen-bond donors (Lipinski definition) is 0. The number of carbonyl (C=O) groups is 1. The Morgan fingerprint density at radius 1 is 1.18 bits per heavy atom. The van der Waals surface area contributed by atoms with Crippen LogP contribution in [0.4, 0.5) is 0 Å². The first-order valence-electron chi connectivity index (χ1n) is 14.3. The third-order valence-corrected chi connectivity index (χ3v) is 9.26. The number of hydrogen-bond acceptors (Lipinski definition) is 8. The molecule has 5 rings (SSSR count). The highest BCUT2D eigenvalue weighted by Gasteiger charge is 2.35. The maximum Gasteiger partial charge on any atom is 0.342 e. The largest absolute Gasteiger partial charge is 0.493 e. The van der Waals surface area contributed by atoms with Crippen molar-refractivity contribution in [3.05, 3.63) is 41.3 Å². The number of rotatable bonds is 12. The number of benzene rings is 1. The first-order chi connectivity index (χ1) is 19.1. The average Bonchev–Trinajstić information content (AvgIpc) is 3.56. The van der Waals surface area contributed by atoms with E-state index in [2.05, 4.69) is 24.6 Å². The van der Waals surface area contributed by atoms with Crippen molar-refractivity contribution in [2.45, 2.75) is 71.8 Å². The van der Waals surface area contributed by atoms with Crippen molar-refractivity contribution in [2.75, 3.05) is 33.0 Å². The van der Waals surface area contributed by atoms with E-state index in [-0.39, 0.29) is 13.3 Å². The minimum atomic E-state index is -1.27. The molecule has 10 heteroatoms. The fourth-order valence-electron chi connectivity index (χ4n) is 4.93. The summed E-state index contributed by atoms with van der Waals surface area (Å²) in [7, 11) is -1.27. The predicted octanol–water partition coefficient (Wildman–Crippen LogP) is 5.90. The monoisotopic (exact) mass is 567 g/mol. The molecule has 2 fully saturated rings. The van der Waals surface area contributed by atoms with Crippen LogP contribution in [0.2, 0.25) is 25.7 Å². The Morgan fingerprint density at radius 2 is 1.93 bits per heavy atom. The second kappa shape index (κ2) is 11.6. The number of aromatic nitrogens is 3. The molecule has 0 radical (unpaired) electrons. The molecule has 1 aliphatic heterocycles. The molecule has 0 amide bonds. The average molecular weight is 568 g/mol. The van der Waals surface area contributed by atoms with Gasteiger partial charge in [-0.2, -0.15) is 0 Å². The molecule has 0 atom stereocenters. The Labute approximate surface area is 237 Å². The van der Waals surface area contributed by atoms with Crippen LogP contribution in [0.3, 0.4) is 0 Å². The zero-order valence-corrected chi connectivity index (χ0v) is 25.5. The summed E-state index contributed by atoms with van der Waals surface area (Å²) in [6.45, 7) is 15.5. The lowest BCUT2D eigenvalue weighted by atomic mass is 10.0. The van der Waals surface area contributed by atoms with E-state index < -0.39 is 19.8 Å². The van der Waals surface area contributed by atoms with Crippen LogP contribution in [-0.2, 0) is 31.5 Å². The van der Waals surface area contributed by atoms with Crippen LogP contribution >= 0.6 is 0 Å². The summed E-state index contributed by atoms with van der Waals surface area (Å²) in [6, 6.07) is 7.02. The zero-order valence-electron chi connectivity index (χ0n) is 24.5. The van der Waals surface area contributed by atoms with E-state index in [1.165, 1.54) is 19.2 Å². The molecule has 216 valence electrons. The molecule has 9 nitrogen and oxygen atoms in total. The summed E-state index contributed by atoms with van der Waals surface area (Å²) >= 11 is 0. The van der Waals surface area contributed by atoms with Crippen molar-refractivity contribution >= 4 is 25.1 Å². The van der Waals surface area contributed by atoms with Crippen LogP contribution < -0.4 is 4.74 Å². The highest BCUT2D eigenvalue weighted by molar-refractivity contribution is 6.76. The van der Waals surface area contributed by atoms with E-state index in [4.69, 9.17) is 28.7 Å². The Hall–Kier alpha value is -2.79. The van der Waals surface area contributed by atoms with Crippen molar-refractivity contribution < 1.29 is 28.5 Å². The first kappa shape index (κ1) is 28.7. The van der Waals surface area contributed by atoms with Crippen LogP contribution in [0.1, 0.15) is 48.3 Å². The minimum Gasteiger partial charge on any atom is -0.493 e. The smallest absolute Gasteiger partial charge is 0.342 e. The van der Waals surface area contributed by atoms with Gasteiger partial charge in [0.2, 0.25) is 0 Å². The van der Waals surface area contributed by atoms with Gasteiger partial charge in [0.25, 0.3) is 0 Å². The van der Waals surface area contributed by atoms with Gasteiger partial charge in [0.1, 0.15) is 35.6 Å². The van der Waals surface area contributed by atoms with Crippen LogP contribution in [0, 0.1) is 12.8 Å². The van der Waals surface area contributed by atoms with Crippen molar-refractivity contribution in [2.24, 2.45) is 5.92 Å². The summed E-state index contributed by atoms with van der Waals surface area (Å²) in [4.78, 5) is 22.5. The molecule has 0 unspecified atom stereocenters. The quantitative estimate of drug-likeness (QED) is 0.152. The molecule has 0 bridgehead atoms. The molecule has 1 aliphatic carbocycles. The maximum absolute atomic E-state index is 13.1. The summed E-state index contributed by atoms with van der Waals surface area (Å²) in [5.41, 5.74) is 4.73. The van der Waals surface area contributed by atoms with E-state index >= 15 is 0 Å². The van der Waals surface area contributed by atoms with Crippen LogP contribution in [0.25, 0.3) is 22.3 Å². The summed E-state index contributed by atoms with van der Waals surface area (Å²) in [5, 5.41) is 0. The number of carbonyl (C=O) groups excluding carboxylic acids is 1. The molecular formula is C30H41N3O6Si. The summed E-state index contributed by atoms with van der Waals surface area (Å²) < 4.78 is 31.9. The van der Waals surface area contributed by atoms with E-state index in [0.717, 1.165) is 28.6 Å². The van der Waals surface area contributed by atoms with Crippen molar-refractivity contribution in [3.8, 4) is 17.0 Å². The topological polar surface area (TPSA) is 93.9 Å². The van der Waals surface area contributed by atoms with Crippen molar-refractivity contribution in [1.82, 2.24) is 14.5 Å². The number of esters is 1. The first-order valence-corrected chi connectivity index (χ1v) is 18.0. The van der Waals surface area contributed by atoms with E-state index in [9.17, 15) is 4.79 Å². The molecular weight excluding hydrogens is 526 g/mol. The lowest BCUT2D eigenvalue weighted by Crippen LogP contribution is -2.22.